The molecule has 1 aliphatic heterocycles. The van der Waals surface area contributed by atoms with Gasteiger partial charge in [-0.2, -0.15) is 0 Å². The van der Waals surface area contributed by atoms with Crippen LogP contribution in [0.25, 0.3) is 0 Å². The lowest BCUT2D eigenvalue weighted by molar-refractivity contribution is -0.133. The summed E-state index contributed by atoms with van der Waals surface area (Å²) in [5.41, 5.74) is 0.274. The molecule has 25 heavy (non-hydrogen) atoms. The van der Waals surface area contributed by atoms with E-state index in [-0.39, 0.29) is 18.6 Å². The van der Waals surface area contributed by atoms with Gasteiger partial charge in [0.25, 0.3) is 7.41 Å². The van der Waals surface area contributed by atoms with E-state index in [4.69, 9.17) is 4.74 Å². The number of ether oxygens (including phenoxy) is 1. The van der Waals surface area contributed by atoms with E-state index in [0.717, 1.165) is 5.56 Å². The molecule has 133 valence electrons. The van der Waals surface area contributed by atoms with Gasteiger partial charge in [-0.05, 0) is 11.5 Å². The van der Waals surface area contributed by atoms with Crippen molar-refractivity contribution in [3.8, 4) is 0 Å². The molecule has 1 radical (unpaired) electrons. The van der Waals surface area contributed by atoms with Crippen LogP contribution in [0.1, 0.15) is 33.3 Å². The monoisotopic (exact) mass is 343 g/mol. The Balaban J connectivity index is 2.37. The number of rotatable bonds is 7. The maximum absolute atomic E-state index is 13.2. The average molecular weight is 343 g/mol. The number of amides is 2. The summed E-state index contributed by atoms with van der Waals surface area (Å²) in [5, 5.41) is 2.87. The normalized spacial score (nSPS) is 18.8. The standard InChI is InChI=1S/C18H24BN2O4/c1-12(2)14-10-25-17(24)21(14)16(23)15(20-19-11-22)18(3,4)13-8-6-5-7-9-13/h5-9,11-12,14-15,20H,10H2,1-4H3/t14-,15-/m1/s1. The molecule has 0 aromatic heterocycles. The molecule has 1 fully saturated rings. The van der Waals surface area contributed by atoms with Crippen LogP contribution in [-0.4, -0.2) is 49.2 Å². The van der Waals surface area contributed by atoms with Gasteiger partial charge in [0.2, 0.25) is 5.91 Å². The van der Waals surface area contributed by atoms with E-state index in [1.165, 1.54) is 12.3 Å². The molecule has 6 nitrogen and oxygen atoms in total. The number of hydrogen-bond donors (Lipinski definition) is 1. The van der Waals surface area contributed by atoms with Crippen LogP contribution in [0.3, 0.4) is 0 Å². The molecule has 2 atom stereocenters. The molecule has 1 N–H and O–H groups in total. The van der Waals surface area contributed by atoms with Gasteiger partial charge in [-0.25, -0.2) is 9.69 Å². The molecular formula is C18H24BN2O4. The molecule has 1 heterocycles. The van der Waals surface area contributed by atoms with Gasteiger partial charge in [0.15, 0.2) is 0 Å². The van der Waals surface area contributed by atoms with Gasteiger partial charge in [-0.15, -0.1) is 0 Å². The van der Waals surface area contributed by atoms with Crippen molar-refractivity contribution in [3.05, 3.63) is 35.9 Å². The second-order valence-electron chi connectivity index (χ2n) is 7.09. The van der Waals surface area contributed by atoms with Crippen LogP contribution in [0.5, 0.6) is 0 Å². The Bertz CT molecular complexity index is 633. The first-order valence-corrected chi connectivity index (χ1v) is 8.39. The Labute approximate surface area is 149 Å². The van der Waals surface area contributed by atoms with Gasteiger partial charge < -0.3 is 14.8 Å². The van der Waals surface area contributed by atoms with E-state index in [9.17, 15) is 14.4 Å². The van der Waals surface area contributed by atoms with Gasteiger partial charge in [-0.1, -0.05) is 58.0 Å². The van der Waals surface area contributed by atoms with E-state index in [2.05, 4.69) is 5.23 Å². The number of nitrogens with one attached hydrogen (secondary N) is 1. The molecule has 7 heteroatoms. The number of hydrogen-bond acceptors (Lipinski definition) is 5. The minimum atomic E-state index is -0.785. The third-order valence-corrected chi connectivity index (χ3v) is 4.73. The first-order valence-electron chi connectivity index (χ1n) is 8.39. The summed E-state index contributed by atoms with van der Waals surface area (Å²) in [4.78, 5) is 37.4. The van der Waals surface area contributed by atoms with E-state index < -0.39 is 23.5 Å². The van der Waals surface area contributed by atoms with E-state index in [0.29, 0.717) is 6.19 Å². The zero-order valence-electron chi connectivity index (χ0n) is 15.1. The van der Waals surface area contributed by atoms with Crippen molar-refractivity contribution < 1.29 is 19.1 Å². The van der Waals surface area contributed by atoms with Crippen molar-refractivity contribution in [1.82, 2.24) is 10.1 Å². The van der Waals surface area contributed by atoms with Crippen LogP contribution in [0.15, 0.2) is 30.3 Å². The lowest BCUT2D eigenvalue weighted by Crippen LogP contribution is -2.59. The third-order valence-electron chi connectivity index (χ3n) is 4.73. The maximum atomic E-state index is 13.2. The predicted molar refractivity (Wildman–Crippen MR) is 95.7 cm³/mol. The second-order valence-corrected chi connectivity index (χ2v) is 7.09. The first-order chi connectivity index (χ1) is 11.8. The van der Waals surface area contributed by atoms with Crippen molar-refractivity contribution in [2.24, 2.45) is 5.92 Å². The molecule has 2 amide bonds. The quantitative estimate of drug-likeness (QED) is 0.603. The summed E-state index contributed by atoms with van der Waals surface area (Å²) in [6.45, 7) is 7.88. The van der Waals surface area contributed by atoms with Crippen molar-refractivity contribution in [2.45, 2.75) is 45.2 Å². The largest absolute Gasteiger partial charge is 0.447 e. The number of imide groups is 1. The second kappa shape index (κ2) is 7.82. The fourth-order valence-electron chi connectivity index (χ4n) is 3.08. The highest BCUT2D eigenvalue weighted by Gasteiger charge is 2.46. The van der Waals surface area contributed by atoms with Crippen molar-refractivity contribution in [2.75, 3.05) is 6.61 Å². The molecule has 0 aliphatic carbocycles. The Morgan fingerprint density at radius 3 is 2.56 bits per heavy atom. The molecule has 1 aromatic carbocycles. The Hall–Kier alpha value is -2.15. The van der Waals surface area contributed by atoms with Crippen LogP contribution in [0.4, 0.5) is 4.79 Å². The van der Waals surface area contributed by atoms with E-state index in [1.807, 2.05) is 58.0 Å². The fourth-order valence-corrected chi connectivity index (χ4v) is 3.08. The molecule has 1 aliphatic rings. The predicted octanol–water partition coefficient (Wildman–Crippen LogP) is 1.74. The summed E-state index contributed by atoms with van der Waals surface area (Å²) in [7, 11) is 1.19. The first kappa shape index (κ1) is 19.2. The maximum Gasteiger partial charge on any atom is 0.417 e. The Morgan fingerprint density at radius 2 is 2.00 bits per heavy atom. The van der Waals surface area contributed by atoms with Crippen molar-refractivity contribution in [1.29, 1.82) is 0 Å². The number of carbonyl (C=O) groups excluding carboxylic acids is 3. The lowest BCUT2D eigenvalue weighted by atomic mass is 9.74. The van der Waals surface area contributed by atoms with Gasteiger partial charge in [-0.3, -0.25) is 4.79 Å². The van der Waals surface area contributed by atoms with E-state index in [1.54, 1.807) is 0 Å². The minimum absolute atomic E-state index is 0.0749. The minimum Gasteiger partial charge on any atom is -0.447 e. The average Bonchev–Trinajstić information content (AvgIpc) is 2.97. The molecule has 0 bridgehead atoms. The smallest absolute Gasteiger partial charge is 0.417 e. The highest BCUT2D eigenvalue weighted by atomic mass is 16.6. The van der Waals surface area contributed by atoms with Gasteiger partial charge in [0, 0.05) is 5.41 Å². The summed E-state index contributed by atoms with van der Waals surface area (Å²) in [5.74, 6) is -0.320. The molecule has 0 unspecified atom stereocenters. The van der Waals surface area contributed by atoms with Gasteiger partial charge in [0.05, 0.1) is 18.3 Å². The molecule has 0 saturated carbocycles. The van der Waals surface area contributed by atoms with Crippen LogP contribution >= 0.6 is 0 Å². The zero-order chi connectivity index (χ0) is 18.6. The fraction of sp³-hybridized carbons (Fsp3) is 0.500. The summed E-state index contributed by atoms with van der Waals surface area (Å²) in [6, 6.07) is 8.43. The number of cyclic esters (lactones) is 1. The zero-order valence-corrected chi connectivity index (χ0v) is 15.1. The Morgan fingerprint density at radius 1 is 1.36 bits per heavy atom. The number of benzene rings is 1. The highest BCUT2D eigenvalue weighted by Crippen LogP contribution is 2.30. The topological polar surface area (TPSA) is 75.7 Å². The molecule has 2 rings (SSSR count). The van der Waals surface area contributed by atoms with Crippen molar-refractivity contribution in [3.63, 3.8) is 0 Å². The molecule has 1 saturated heterocycles. The number of carbonyl (C=O) groups is 3. The van der Waals surface area contributed by atoms with Crippen LogP contribution in [-0.2, 0) is 19.7 Å². The molecule has 1 aromatic rings. The highest BCUT2D eigenvalue weighted by molar-refractivity contribution is 6.64. The molecular weight excluding hydrogens is 319 g/mol. The van der Waals surface area contributed by atoms with Crippen LogP contribution in [0, 0.1) is 5.92 Å². The summed E-state index contributed by atoms with van der Waals surface area (Å²) < 4.78 is 5.09. The van der Waals surface area contributed by atoms with Crippen LogP contribution < -0.4 is 5.23 Å². The summed E-state index contributed by atoms with van der Waals surface area (Å²) in [6.07, 6.45) is -0.0469. The van der Waals surface area contributed by atoms with Gasteiger partial charge in [0.1, 0.15) is 6.61 Å². The SMILES string of the molecule is CC(C)[C@H]1COC(=O)N1C(=O)[C@@H](N[B]C=O)C(C)(C)c1ccccc1. The van der Waals surface area contributed by atoms with Crippen molar-refractivity contribution >= 4 is 25.6 Å². The third kappa shape index (κ3) is 3.92. The number of nitrogens with zero attached hydrogens (tertiary/aromatic N) is 1. The lowest BCUT2D eigenvalue weighted by Gasteiger charge is -2.37. The van der Waals surface area contributed by atoms with Crippen LogP contribution in [0.2, 0.25) is 0 Å². The van der Waals surface area contributed by atoms with E-state index >= 15 is 0 Å². The summed E-state index contributed by atoms with van der Waals surface area (Å²) >= 11 is 0. The molecule has 0 spiro atoms. The van der Waals surface area contributed by atoms with Gasteiger partial charge >= 0.3 is 6.09 Å². The Kier molecular flexibility index (Phi) is 6.00.